The van der Waals surface area contributed by atoms with Crippen molar-refractivity contribution in [1.29, 1.82) is 0 Å². The van der Waals surface area contributed by atoms with E-state index in [0.717, 1.165) is 28.7 Å². The number of benzene rings is 2. The molecular weight excluding hydrogens is 417 g/mol. The van der Waals surface area contributed by atoms with Gasteiger partial charge in [-0.3, -0.25) is 0 Å². The van der Waals surface area contributed by atoms with E-state index in [9.17, 15) is 9.50 Å². The van der Waals surface area contributed by atoms with Crippen LogP contribution in [0.4, 0.5) is 15.9 Å². The van der Waals surface area contributed by atoms with Crippen LogP contribution in [-0.4, -0.2) is 45.2 Å². The van der Waals surface area contributed by atoms with Crippen molar-refractivity contribution in [1.82, 2.24) is 19.4 Å². The summed E-state index contributed by atoms with van der Waals surface area (Å²) in [5.74, 6) is 0.132. The van der Waals surface area contributed by atoms with Crippen LogP contribution < -0.4 is 5.32 Å². The Hall–Kier alpha value is -3.00. The minimum absolute atomic E-state index is 0.0428. The fourth-order valence-corrected chi connectivity index (χ4v) is 3.71. The quantitative estimate of drug-likeness (QED) is 0.442. The third kappa shape index (κ3) is 4.69. The zero-order valence-electron chi connectivity index (χ0n) is 17.3. The van der Waals surface area contributed by atoms with Crippen molar-refractivity contribution >= 4 is 34.0 Å². The van der Waals surface area contributed by atoms with Gasteiger partial charge in [-0.1, -0.05) is 11.6 Å². The molecule has 0 saturated heterocycles. The zero-order valence-corrected chi connectivity index (χ0v) is 18.1. The Bertz CT molecular complexity index is 1220. The summed E-state index contributed by atoms with van der Waals surface area (Å²) in [6, 6.07) is 10.4. The largest absolute Gasteiger partial charge is 0.396 e. The Morgan fingerprint density at radius 3 is 2.65 bits per heavy atom. The SMILES string of the molecule is CN(C)Cc1cn(-c2ccc3ncnc(Nc4ccc(F)c(Cl)c4)c3c2)cc1CCO. The first-order valence-electron chi connectivity index (χ1n) is 9.87. The number of aliphatic hydroxyl groups excluding tert-OH is 1. The summed E-state index contributed by atoms with van der Waals surface area (Å²) in [5, 5.41) is 13.5. The van der Waals surface area contributed by atoms with Gasteiger partial charge in [0.05, 0.1) is 10.5 Å². The number of hydrogen-bond acceptors (Lipinski definition) is 5. The molecule has 8 heteroatoms. The van der Waals surface area contributed by atoms with E-state index in [0.29, 0.717) is 17.9 Å². The molecule has 2 aromatic carbocycles. The molecule has 4 aromatic rings. The predicted octanol–water partition coefficient (Wildman–Crippen LogP) is 4.55. The number of halogens is 2. The number of rotatable bonds is 7. The summed E-state index contributed by atoms with van der Waals surface area (Å²) < 4.78 is 15.5. The van der Waals surface area contributed by atoms with Crippen LogP contribution >= 0.6 is 11.6 Å². The third-order valence-corrected chi connectivity index (χ3v) is 5.26. The number of nitrogens with one attached hydrogen (secondary N) is 1. The van der Waals surface area contributed by atoms with Crippen molar-refractivity contribution < 1.29 is 9.50 Å². The molecule has 4 rings (SSSR count). The standard InChI is InChI=1S/C23H23ClFN5O/c1-29(2)11-16-13-30(12-15(16)7-8-31)18-4-6-22-19(10-18)23(27-14-26-22)28-17-3-5-21(25)20(24)9-17/h3-6,9-10,12-14,31H,7-8,11H2,1-2H3,(H,26,27,28). The summed E-state index contributed by atoms with van der Waals surface area (Å²) in [7, 11) is 4.04. The topological polar surface area (TPSA) is 66.2 Å². The highest BCUT2D eigenvalue weighted by Crippen LogP contribution is 2.28. The zero-order chi connectivity index (χ0) is 22.0. The van der Waals surface area contributed by atoms with Crippen molar-refractivity contribution in [3.63, 3.8) is 0 Å². The average molecular weight is 440 g/mol. The normalized spacial score (nSPS) is 11.4. The van der Waals surface area contributed by atoms with Gasteiger partial charge in [0.1, 0.15) is 18.0 Å². The highest BCUT2D eigenvalue weighted by Gasteiger charge is 2.11. The lowest BCUT2D eigenvalue weighted by molar-refractivity contribution is 0.298. The summed E-state index contributed by atoms with van der Waals surface area (Å²) in [5.41, 5.74) is 4.65. The Morgan fingerprint density at radius 2 is 1.90 bits per heavy atom. The summed E-state index contributed by atoms with van der Waals surface area (Å²) in [6.45, 7) is 0.890. The van der Waals surface area contributed by atoms with E-state index in [1.54, 1.807) is 6.07 Å². The molecule has 2 N–H and O–H groups in total. The molecule has 0 bridgehead atoms. The van der Waals surface area contributed by atoms with Crippen LogP contribution in [0.15, 0.2) is 55.1 Å². The summed E-state index contributed by atoms with van der Waals surface area (Å²) >= 11 is 5.91. The van der Waals surface area contributed by atoms with E-state index in [2.05, 4.69) is 30.9 Å². The van der Waals surface area contributed by atoms with Gasteiger partial charge in [0.15, 0.2) is 0 Å². The molecule has 0 aliphatic rings. The fourth-order valence-electron chi connectivity index (χ4n) is 3.53. The number of fused-ring (bicyclic) bond motifs is 1. The number of nitrogens with zero attached hydrogens (tertiary/aromatic N) is 4. The second-order valence-electron chi connectivity index (χ2n) is 7.60. The van der Waals surface area contributed by atoms with Crippen molar-refractivity contribution in [3.8, 4) is 5.69 Å². The fraction of sp³-hybridized carbons (Fsp3) is 0.217. The highest BCUT2D eigenvalue weighted by molar-refractivity contribution is 6.31. The summed E-state index contributed by atoms with van der Waals surface area (Å²) in [6.07, 6.45) is 6.22. The predicted molar refractivity (Wildman–Crippen MR) is 122 cm³/mol. The Balaban J connectivity index is 1.73. The number of anilines is 2. The molecule has 0 saturated carbocycles. The van der Waals surface area contributed by atoms with Gasteiger partial charge < -0.3 is 19.9 Å². The van der Waals surface area contributed by atoms with Gasteiger partial charge in [-0.2, -0.15) is 0 Å². The molecular formula is C23H23ClFN5O. The Morgan fingerprint density at radius 1 is 1.10 bits per heavy atom. The molecule has 160 valence electrons. The van der Waals surface area contributed by atoms with Gasteiger partial charge in [-0.15, -0.1) is 0 Å². The second-order valence-corrected chi connectivity index (χ2v) is 8.01. The van der Waals surface area contributed by atoms with Crippen molar-refractivity contribution in [2.75, 3.05) is 26.0 Å². The van der Waals surface area contributed by atoms with Crippen molar-refractivity contribution in [2.45, 2.75) is 13.0 Å². The Kier molecular flexibility index (Phi) is 6.18. The van der Waals surface area contributed by atoms with Gasteiger partial charge in [0.25, 0.3) is 0 Å². The van der Waals surface area contributed by atoms with Crippen LogP contribution in [0, 0.1) is 5.82 Å². The van der Waals surface area contributed by atoms with E-state index >= 15 is 0 Å². The lowest BCUT2D eigenvalue weighted by atomic mass is 10.1. The van der Waals surface area contributed by atoms with E-state index < -0.39 is 5.82 Å². The molecule has 2 heterocycles. The first-order chi connectivity index (χ1) is 14.9. The van der Waals surface area contributed by atoms with Gasteiger partial charge in [0, 0.05) is 42.3 Å². The monoisotopic (exact) mass is 439 g/mol. The minimum atomic E-state index is -0.470. The van der Waals surface area contributed by atoms with E-state index in [4.69, 9.17) is 11.6 Å². The number of aromatic nitrogens is 3. The number of aliphatic hydroxyl groups is 1. The lowest BCUT2D eigenvalue weighted by Crippen LogP contribution is -2.11. The molecule has 6 nitrogen and oxygen atoms in total. The molecule has 0 atom stereocenters. The average Bonchev–Trinajstić information content (AvgIpc) is 3.13. The molecule has 0 aliphatic heterocycles. The van der Waals surface area contributed by atoms with Gasteiger partial charge in [-0.05, 0) is 68.0 Å². The van der Waals surface area contributed by atoms with Gasteiger partial charge >= 0.3 is 0 Å². The molecule has 31 heavy (non-hydrogen) atoms. The second kappa shape index (κ2) is 9.01. The van der Waals surface area contributed by atoms with Crippen molar-refractivity contribution in [2.24, 2.45) is 0 Å². The van der Waals surface area contributed by atoms with Crippen molar-refractivity contribution in [3.05, 3.63) is 77.1 Å². The lowest BCUT2D eigenvalue weighted by Gasteiger charge is -2.11. The van der Waals surface area contributed by atoms with Crippen LogP contribution in [0.2, 0.25) is 5.02 Å². The summed E-state index contributed by atoms with van der Waals surface area (Å²) in [4.78, 5) is 10.8. The van der Waals surface area contributed by atoms with E-state index in [1.165, 1.54) is 24.0 Å². The van der Waals surface area contributed by atoms with Crippen LogP contribution in [0.25, 0.3) is 16.6 Å². The van der Waals surface area contributed by atoms with E-state index in [1.807, 2.05) is 38.5 Å². The first kappa shape index (κ1) is 21.2. The smallest absolute Gasteiger partial charge is 0.141 e. The van der Waals surface area contributed by atoms with Crippen LogP contribution in [0.1, 0.15) is 11.1 Å². The molecule has 2 aromatic heterocycles. The van der Waals surface area contributed by atoms with Crippen LogP contribution in [0.5, 0.6) is 0 Å². The maximum absolute atomic E-state index is 13.5. The molecule has 0 spiro atoms. The van der Waals surface area contributed by atoms with Gasteiger partial charge in [0.2, 0.25) is 0 Å². The molecule has 0 radical (unpaired) electrons. The highest BCUT2D eigenvalue weighted by atomic mass is 35.5. The minimum Gasteiger partial charge on any atom is -0.396 e. The third-order valence-electron chi connectivity index (χ3n) is 4.97. The van der Waals surface area contributed by atoms with Crippen LogP contribution in [0.3, 0.4) is 0 Å². The maximum atomic E-state index is 13.5. The number of hydrogen-bond donors (Lipinski definition) is 2. The van der Waals surface area contributed by atoms with Crippen LogP contribution in [-0.2, 0) is 13.0 Å². The Labute approximate surface area is 184 Å². The first-order valence-corrected chi connectivity index (χ1v) is 10.2. The molecule has 0 unspecified atom stereocenters. The molecule has 0 fully saturated rings. The molecule has 0 amide bonds. The van der Waals surface area contributed by atoms with Gasteiger partial charge in [-0.25, -0.2) is 14.4 Å². The molecule has 0 aliphatic carbocycles. The maximum Gasteiger partial charge on any atom is 0.141 e. The van der Waals surface area contributed by atoms with E-state index in [-0.39, 0.29) is 11.6 Å².